The first-order valence-electron chi connectivity index (χ1n) is 5.75. The van der Waals surface area contributed by atoms with Crippen molar-refractivity contribution >= 4 is 34.7 Å². The number of benzene rings is 1. The van der Waals surface area contributed by atoms with E-state index in [2.05, 4.69) is 17.0 Å². The van der Waals surface area contributed by atoms with Crippen molar-refractivity contribution in [3.63, 3.8) is 0 Å². The Balaban J connectivity index is 2.42. The van der Waals surface area contributed by atoms with Crippen LogP contribution >= 0.6 is 12.2 Å². The first kappa shape index (κ1) is 14.9. The zero-order chi connectivity index (χ0) is 15.4. The maximum atomic E-state index is 12.0. The smallest absolute Gasteiger partial charge is 0.490 e. The second-order valence-corrected chi connectivity index (χ2v) is 4.21. The Bertz CT molecular complexity index is 737. The monoisotopic (exact) mass is 310 g/mol. The summed E-state index contributed by atoms with van der Waals surface area (Å²) in [4.78, 5) is 22.5. The van der Waals surface area contributed by atoms with Crippen molar-refractivity contribution in [2.75, 3.05) is 6.61 Å². The molecule has 0 aliphatic heterocycles. The summed E-state index contributed by atoms with van der Waals surface area (Å²) in [6, 6.07) is 5.44. The Morgan fingerprint density at radius 2 is 2.24 bits per heavy atom. The van der Waals surface area contributed by atoms with Gasteiger partial charge in [-0.3, -0.25) is 4.79 Å². The van der Waals surface area contributed by atoms with Crippen molar-refractivity contribution in [1.29, 1.82) is 0 Å². The van der Waals surface area contributed by atoms with Crippen molar-refractivity contribution < 1.29 is 28.9 Å². The molecule has 0 amide bonds. The van der Waals surface area contributed by atoms with Crippen molar-refractivity contribution in [1.82, 2.24) is 0 Å². The Morgan fingerprint density at radius 1 is 1.48 bits per heavy atom. The molecule has 110 valence electrons. The summed E-state index contributed by atoms with van der Waals surface area (Å²) in [5.41, 5.74) is -0.423. The van der Waals surface area contributed by atoms with Gasteiger partial charge in [-0.25, -0.2) is 4.79 Å². The van der Waals surface area contributed by atoms with E-state index in [1.807, 2.05) is 0 Å². The van der Waals surface area contributed by atoms with Crippen LogP contribution < -0.4 is 14.9 Å². The summed E-state index contributed by atoms with van der Waals surface area (Å²) in [5.74, 6) is -0.241. The number of aliphatic hydroxyl groups excluding tert-OH is 1. The molecule has 1 aromatic carbocycles. The number of thiocarbonyl (C=S) groups is 1. The van der Waals surface area contributed by atoms with Gasteiger partial charge in [-0.2, -0.15) is 0 Å². The molecule has 0 aliphatic carbocycles. The van der Waals surface area contributed by atoms with Crippen molar-refractivity contribution in [3.05, 3.63) is 34.5 Å². The molecule has 1 unspecified atom stereocenters. The van der Waals surface area contributed by atoms with Crippen LogP contribution in [0, 0.1) is 0 Å². The van der Waals surface area contributed by atoms with Crippen LogP contribution in [-0.2, 0) is 0 Å². The molecular formula is C13H10O7S. The number of hydrogen-bond donors (Lipinski definition) is 2. The standard InChI is InChI=1S/C13H10O7S/c14-7(6-21)5-18-9-2-1-3-10-12(9)8(15)4-11(19-10)20-13(16)17/h1-4,6-7,14H,5H2,(H,16,17). The highest BCUT2D eigenvalue weighted by molar-refractivity contribution is 7.79. The fraction of sp³-hybridized carbons (Fsp3) is 0.154. The number of carboxylic acid groups (broad SMARTS) is 1. The fourth-order valence-electron chi connectivity index (χ4n) is 1.63. The molecule has 2 aromatic rings. The van der Waals surface area contributed by atoms with Gasteiger partial charge in [0.15, 0.2) is 5.43 Å². The molecule has 0 aliphatic rings. The zero-order valence-electron chi connectivity index (χ0n) is 10.5. The van der Waals surface area contributed by atoms with Crippen LogP contribution in [0.2, 0.25) is 0 Å². The fourth-order valence-corrected chi connectivity index (χ4v) is 1.71. The van der Waals surface area contributed by atoms with E-state index in [4.69, 9.17) is 14.3 Å². The largest absolute Gasteiger partial charge is 0.513 e. The lowest BCUT2D eigenvalue weighted by molar-refractivity contribution is 0.133. The van der Waals surface area contributed by atoms with E-state index in [0.717, 1.165) is 11.4 Å². The van der Waals surface area contributed by atoms with E-state index in [1.54, 1.807) is 6.07 Å². The minimum absolute atomic E-state index is 0.105. The molecule has 2 N–H and O–H groups in total. The third-order valence-electron chi connectivity index (χ3n) is 2.45. The van der Waals surface area contributed by atoms with Gasteiger partial charge in [0.25, 0.3) is 5.95 Å². The third kappa shape index (κ3) is 3.56. The lowest BCUT2D eigenvalue weighted by Crippen LogP contribution is -2.18. The average molecular weight is 310 g/mol. The van der Waals surface area contributed by atoms with Gasteiger partial charge in [-0.05, 0) is 12.1 Å². The molecule has 8 heteroatoms. The summed E-state index contributed by atoms with van der Waals surface area (Å²) in [5, 5.41) is 19.1. The number of hydrogen-bond acceptors (Lipinski definition) is 7. The first-order chi connectivity index (χ1) is 10.0. The SMILES string of the molecule is O=C(O)Oc1cc(=O)c2c(OCC(O)C=S)cccc2o1. The Kier molecular flexibility index (Phi) is 4.51. The highest BCUT2D eigenvalue weighted by atomic mass is 32.1. The van der Waals surface area contributed by atoms with Gasteiger partial charge in [0.05, 0.1) is 6.07 Å². The van der Waals surface area contributed by atoms with E-state index in [9.17, 15) is 14.7 Å². The molecule has 0 spiro atoms. The molecule has 0 radical (unpaired) electrons. The van der Waals surface area contributed by atoms with Gasteiger partial charge in [0.1, 0.15) is 29.4 Å². The van der Waals surface area contributed by atoms with Gasteiger partial charge >= 0.3 is 6.16 Å². The Morgan fingerprint density at radius 3 is 2.90 bits per heavy atom. The predicted octanol–water partition coefficient (Wildman–Crippen LogP) is 1.59. The van der Waals surface area contributed by atoms with Crippen LogP contribution in [0.5, 0.6) is 11.7 Å². The minimum atomic E-state index is -1.59. The normalized spacial score (nSPS) is 11.9. The van der Waals surface area contributed by atoms with Crippen LogP contribution in [0.4, 0.5) is 4.79 Å². The molecule has 1 aromatic heterocycles. The maximum Gasteiger partial charge on any atom is 0.513 e. The summed E-state index contributed by atoms with van der Waals surface area (Å²) < 4.78 is 14.8. The lowest BCUT2D eigenvalue weighted by Gasteiger charge is -2.10. The summed E-state index contributed by atoms with van der Waals surface area (Å²) in [6.07, 6.45) is -2.54. The summed E-state index contributed by atoms with van der Waals surface area (Å²) >= 11 is 4.56. The average Bonchev–Trinajstić information content (AvgIpc) is 2.43. The molecule has 7 nitrogen and oxygen atoms in total. The van der Waals surface area contributed by atoms with Crippen LogP contribution in [0.15, 0.2) is 33.5 Å². The van der Waals surface area contributed by atoms with Crippen LogP contribution in [0.25, 0.3) is 11.0 Å². The highest BCUT2D eigenvalue weighted by Crippen LogP contribution is 2.25. The molecule has 0 saturated heterocycles. The van der Waals surface area contributed by atoms with E-state index in [1.165, 1.54) is 12.1 Å². The molecule has 1 atom stereocenters. The topological polar surface area (TPSA) is 106 Å². The van der Waals surface area contributed by atoms with Crippen molar-refractivity contribution in [3.8, 4) is 11.7 Å². The second-order valence-electron chi connectivity index (χ2n) is 3.94. The van der Waals surface area contributed by atoms with E-state index < -0.39 is 23.6 Å². The third-order valence-corrected chi connectivity index (χ3v) is 2.76. The van der Waals surface area contributed by atoms with Crippen molar-refractivity contribution in [2.45, 2.75) is 6.10 Å². The van der Waals surface area contributed by atoms with Gasteiger partial charge < -0.3 is 24.1 Å². The molecule has 0 bridgehead atoms. The van der Waals surface area contributed by atoms with Gasteiger partial charge in [-0.15, -0.1) is 0 Å². The van der Waals surface area contributed by atoms with Crippen molar-refractivity contribution in [2.24, 2.45) is 0 Å². The highest BCUT2D eigenvalue weighted by Gasteiger charge is 2.13. The minimum Gasteiger partial charge on any atom is -0.490 e. The molecule has 0 saturated carbocycles. The zero-order valence-corrected chi connectivity index (χ0v) is 11.3. The molecule has 0 fully saturated rings. The van der Waals surface area contributed by atoms with Crippen LogP contribution in [-0.4, -0.2) is 34.4 Å². The molecule has 2 rings (SSSR count). The predicted molar refractivity (Wildman–Crippen MR) is 76.3 cm³/mol. The maximum absolute atomic E-state index is 12.0. The lowest BCUT2D eigenvalue weighted by atomic mass is 10.2. The molecule has 1 heterocycles. The Labute approximate surface area is 123 Å². The summed E-state index contributed by atoms with van der Waals surface area (Å²) in [7, 11) is 0. The quantitative estimate of drug-likeness (QED) is 0.633. The second kappa shape index (κ2) is 6.33. The van der Waals surface area contributed by atoms with Gasteiger partial charge in [0, 0.05) is 5.37 Å². The molecular weight excluding hydrogens is 300 g/mol. The Hall–Kier alpha value is -2.45. The number of rotatable bonds is 5. The van der Waals surface area contributed by atoms with Crippen LogP contribution in [0.1, 0.15) is 0 Å². The van der Waals surface area contributed by atoms with E-state index >= 15 is 0 Å². The van der Waals surface area contributed by atoms with E-state index in [-0.39, 0.29) is 23.3 Å². The number of ether oxygens (including phenoxy) is 2. The number of aliphatic hydroxyl groups is 1. The van der Waals surface area contributed by atoms with Gasteiger partial charge in [0.2, 0.25) is 0 Å². The molecule has 21 heavy (non-hydrogen) atoms. The van der Waals surface area contributed by atoms with Gasteiger partial charge in [-0.1, -0.05) is 18.3 Å². The number of carbonyl (C=O) groups is 1. The summed E-state index contributed by atoms with van der Waals surface area (Å²) in [6.45, 7) is -0.116. The first-order valence-corrected chi connectivity index (χ1v) is 6.22. The van der Waals surface area contributed by atoms with E-state index in [0.29, 0.717) is 0 Å². The van der Waals surface area contributed by atoms with Crippen LogP contribution in [0.3, 0.4) is 0 Å². The number of fused-ring (bicyclic) bond motifs is 1.